The normalized spacial score (nSPS) is 9.94. The molecular weight excluding hydrogens is 281 g/mol. The van der Waals surface area contributed by atoms with Crippen molar-refractivity contribution in [3.8, 4) is 0 Å². The summed E-state index contributed by atoms with van der Waals surface area (Å²) < 4.78 is 5.96. The van der Waals surface area contributed by atoms with Gasteiger partial charge in [0.2, 0.25) is 5.82 Å². The van der Waals surface area contributed by atoms with Crippen LogP contribution in [0.5, 0.6) is 0 Å². The number of halogens is 2. The molecular formula is C10H11Cl2N3O3. The first-order valence-corrected chi connectivity index (χ1v) is 5.67. The maximum atomic E-state index is 11.7. The van der Waals surface area contributed by atoms with Gasteiger partial charge < -0.3 is 10.1 Å². The summed E-state index contributed by atoms with van der Waals surface area (Å²) in [6.45, 7) is 4.75. The molecule has 18 heavy (non-hydrogen) atoms. The lowest BCUT2D eigenvalue weighted by molar-refractivity contribution is -0.144. The van der Waals surface area contributed by atoms with Gasteiger partial charge in [-0.15, -0.1) is 6.58 Å². The number of imidazole rings is 1. The molecule has 98 valence electrons. The Kier molecular flexibility index (Phi) is 5.18. The van der Waals surface area contributed by atoms with E-state index in [-0.39, 0.29) is 29.4 Å². The Bertz CT molecular complexity index is 485. The lowest BCUT2D eigenvalue weighted by Gasteiger charge is -2.08. The largest absolute Gasteiger partial charge is 0.444 e. The minimum atomic E-state index is -0.506. The van der Waals surface area contributed by atoms with Crippen molar-refractivity contribution in [3.05, 3.63) is 28.8 Å². The number of hydrogen-bond acceptors (Lipinski definition) is 4. The van der Waals surface area contributed by atoms with Crippen LogP contribution >= 0.6 is 23.2 Å². The molecule has 0 atom stereocenters. The Morgan fingerprint density at radius 2 is 2.22 bits per heavy atom. The van der Waals surface area contributed by atoms with Crippen molar-refractivity contribution in [2.24, 2.45) is 0 Å². The number of amides is 1. The summed E-state index contributed by atoms with van der Waals surface area (Å²) in [5.74, 6) is -1.03. The Balaban J connectivity index is 2.95. The van der Waals surface area contributed by atoms with E-state index in [1.165, 1.54) is 17.6 Å². The van der Waals surface area contributed by atoms with Gasteiger partial charge >= 0.3 is 5.97 Å². The second kappa shape index (κ2) is 6.42. The number of ether oxygens (including phenoxy) is 1. The van der Waals surface area contributed by atoms with Crippen molar-refractivity contribution >= 4 is 35.1 Å². The average Bonchev–Trinajstić information content (AvgIpc) is 2.60. The zero-order valence-corrected chi connectivity index (χ0v) is 11.1. The van der Waals surface area contributed by atoms with Crippen molar-refractivity contribution in [1.82, 2.24) is 14.9 Å². The second-order valence-electron chi connectivity index (χ2n) is 3.21. The molecule has 1 heterocycles. The van der Waals surface area contributed by atoms with Gasteiger partial charge in [-0.2, -0.15) is 0 Å². The summed E-state index contributed by atoms with van der Waals surface area (Å²) in [4.78, 5) is 26.3. The SMILES string of the molecule is C=CCNC(=O)c1nc(Cl)c(Cl)n1COC(C)=O. The van der Waals surface area contributed by atoms with Gasteiger partial charge in [0, 0.05) is 13.5 Å². The molecule has 1 aromatic heterocycles. The van der Waals surface area contributed by atoms with Crippen molar-refractivity contribution in [3.63, 3.8) is 0 Å². The van der Waals surface area contributed by atoms with Crippen LogP contribution in [0.15, 0.2) is 12.7 Å². The van der Waals surface area contributed by atoms with E-state index < -0.39 is 11.9 Å². The highest BCUT2D eigenvalue weighted by Gasteiger charge is 2.20. The van der Waals surface area contributed by atoms with E-state index in [4.69, 9.17) is 27.9 Å². The molecule has 0 fully saturated rings. The smallest absolute Gasteiger partial charge is 0.304 e. The number of carbonyl (C=O) groups excluding carboxylic acids is 2. The van der Waals surface area contributed by atoms with Gasteiger partial charge in [0.05, 0.1) is 0 Å². The zero-order chi connectivity index (χ0) is 13.7. The molecule has 0 saturated heterocycles. The highest BCUT2D eigenvalue weighted by molar-refractivity contribution is 6.40. The molecule has 1 rings (SSSR count). The predicted octanol–water partition coefficient (Wildman–Crippen LogP) is 1.63. The average molecular weight is 292 g/mol. The first-order valence-electron chi connectivity index (χ1n) is 4.91. The molecule has 0 aliphatic carbocycles. The summed E-state index contributed by atoms with van der Waals surface area (Å²) in [5, 5.41) is 2.51. The number of carbonyl (C=O) groups is 2. The first kappa shape index (κ1) is 14.5. The topological polar surface area (TPSA) is 73.2 Å². The summed E-state index contributed by atoms with van der Waals surface area (Å²) in [5.41, 5.74) is 0. The monoisotopic (exact) mass is 291 g/mol. The molecule has 0 spiro atoms. The van der Waals surface area contributed by atoms with Crippen molar-refractivity contribution in [2.45, 2.75) is 13.7 Å². The molecule has 1 N–H and O–H groups in total. The second-order valence-corrected chi connectivity index (χ2v) is 3.92. The summed E-state index contributed by atoms with van der Waals surface area (Å²) >= 11 is 11.6. The van der Waals surface area contributed by atoms with Gasteiger partial charge in [-0.3, -0.25) is 14.2 Å². The highest BCUT2D eigenvalue weighted by atomic mass is 35.5. The van der Waals surface area contributed by atoms with Gasteiger partial charge in [0.1, 0.15) is 0 Å². The van der Waals surface area contributed by atoms with Crippen LogP contribution in [0.25, 0.3) is 0 Å². The summed E-state index contributed by atoms with van der Waals surface area (Å²) in [7, 11) is 0. The van der Waals surface area contributed by atoms with E-state index in [2.05, 4.69) is 16.9 Å². The third-order valence-corrected chi connectivity index (χ3v) is 2.62. The summed E-state index contributed by atoms with van der Waals surface area (Å²) in [6, 6.07) is 0. The maximum absolute atomic E-state index is 11.7. The minimum Gasteiger partial charge on any atom is -0.444 e. The summed E-state index contributed by atoms with van der Waals surface area (Å²) in [6.07, 6.45) is 1.51. The molecule has 0 aliphatic heterocycles. The number of nitrogens with zero attached hydrogens (tertiary/aromatic N) is 2. The fourth-order valence-corrected chi connectivity index (χ4v) is 1.45. The molecule has 0 aliphatic rings. The van der Waals surface area contributed by atoms with Crippen LogP contribution in [0.1, 0.15) is 17.5 Å². The van der Waals surface area contributed by atoms with Crippen LogP contribution < -0.4 is 5.32 Å². The van der Waals surface area contributed by atoms with Crippen molar-refractivity contribution < 1.29 is 14.3 Å². The van der Waals surface area contributed by atoms with E-state index in [1.54, 1.807) is 0 Å². The molecule has 0 saturated carbocycles. The van der Waals surface area contributed by atoms with E-state index in [0.29, 0.717) is 0 Å². The van der Waals surface area contributed by atoms with E-state index in [1.807, 2.05) is 0 Å². The van der Waals surface area contributed by atoms with Crippen LogP contribution in [0, 0.1) is 0 Å². The Hall–Kier alpha value is -1.53. The van der Waals surface area contributed by atoms with Gasteiger partial charge in [0.15, 0.2) is 17.0 Å². The number of aromatic nitrogens is 2. The zero-order valence-electron chi connectivity index (χ0n) is 9.57. The number of rotatable bonds is 5. The van der Waals surface area contributed by atoms with Gasteiger partial charge in [-0.05, 0) is 0 Å². The molecule has 8 heteroatoms. The molecule has 0 aromatic carbocycles. The third kappa shape index (κ3) is 3.48. The third-order valence-electron chi connectivity index (χ3n) is 1.87. The number of nitrogens with one attached hydrogen (secondary N) is 1. The lowest BCUT2D eigenvalue weighted by atomic mass is 10.5. The molecule has 0 bridgehead atoms. The predicted molar refractivity (Wildman–Crippen MR) is 66.5 cm³/mol. The van der Waals surface area contributed by atoms with E-state index in [9.17, 15) is 9.59 Å². The fourth-order valence-electron chi connectivity index (χ4n) is 1.09. The number of hydrogen-bond donors (Lipinski definition) is 1. The minimum absolute atomic E-state index is 0.0293. The van der Waals surface area contributed by atoms with E-state index >= 15 is 0 Å². The van der Waals surface area contributed by atoms with Crippen LogP contribution in [-0.2, 0) is 16.3 Å². The highest BCUT2D eigenvalue weighted by Crippen LogP contribution is 2.22. The molecule has 0 radical (unpaired) electrons. The van der Waals surface area contributed by atoms with Crippen LogP contribution in [-0.4, -0.2) is 28.0 Å². The molecule has 1 amide bonds. The Morgan fingerprint density at radius 1 is 1.56 bits per heavy atom. The van der Waals surface area contributed by atoms with E-state index in [0.717, 1.165) is 0 Å². The number of esters is 1. The Labute approximate surface area is 114 Å². The standard InChI is InChI=1S/C10H11Cl2N3O3/c1-3-4-13-10(17)9-14-7(11)8(12)15(9)5-18-6(2)16/h3H,1,4-5H2,2H3,(H,13,17). The van der Waals surface area contributed by atoms with Crippen molar-refractivity contribution in [2.75, 3.05) is 6.54 Å². The quantitative estimate of drug-likeness (QED) is 0.661. The molecule has 0 unspecified atom stereocenters. The van der Waals surface area contributed by atoms with Crippen LogP contribution in [0.2, 0.25) is 10.3 Å². The lowest BCUT2D eigenvalue weighted by Crippen LogP contribution is -2.27. The maximum Gasteiger partial charge on any atom is 0.304 e. The van der Waals surface area contributed by atoms with Crippen LogP contribution in [0.4, 0.5) is 0 Å². The molecule has 6 nitrogen and oxygen atoms in total. The van der Waals surface area contributed by atoms with Gasteiger partial charge in [-0.25, -0.2) is 4.98 Å². The van der Waals surface area contributed by atoms with Crippen LogP contribution in [0.3, 0.4) is 0 Å². The molecule has 1 aromatic rings. The van der Waals surface area contributed by atoms with Gasteiger partial charge in [-0.1, -0.05) is 29.3 Å². The first-order chi connectivity index (χ1) is 8.47. The fraction of sp³-hybridized carbons (Fsp3) is 0.300. The van der Waals surface area contributed by atoms with Gasteiger partial charge in [0.25, 0.3) is 5.91 Å². The Morgan fingerprint density at radius 3 is 2.78 bits per heavy atom. The van der Waals surface area contributed by atoms with Crippen molar-refractivity contribution in [1.29, 1.82) is 0 Å².